The number of hydrogen-bond donors (Lipinski definition) is 0. The third-order valence-electron chi connectivity index (χ3n) is 1.39. The van der Waals surface area contributed by atoms with Crippen LogP contribution < -0.4 is 0 Å². The van der Waals surface area contributed by atoms with Gasteiger partial charge in [-0.15, -0.1) is 0 Å². The first-order chi connectivity index (χ1) is 2.77. The van der Waals surface area contributed by atoms with Gasteiger partial charge in [-0.25, -0.2) is 0 Å². The smallest absolute Gasteiger partial charge is 0.0886 e. The predicted octanol–water partition coefficient (Wildman–Crippen LogP) is 1.82. The van der Waals surface area contributed by atoms with Gasteiger partial charge in [0.2, 0.25) is 0 Å². The van der Waals surface area contributed by atoms with Crippen molar-refractivity contribution in [3.8, 4) is 0 Å². The molecule has 0 aliphatic carbocycles. The molecule has 0 saturated carbocycles. The molecule has 0 spiro atoms. The van der Waals surface area contributed by atoms with Crippen LogP contribution in [0.1, 0.15) is 27.7 Å². The van der Waals surface area contributed by atoms with Crippen LogP contribution in [0.3, 0.4) is 0 Å². The highest BCUT2D eigenvalue weighted by molar-refractivity contribution is 4.84. The van der Waals surface area contributed by atoms with Crippen LogP contribution in [0.2, 0.25) is 0 Å². The Morgan fingerprint density at radius 3 is 2.14 bits per heavy atom. The second kappa shape index (κ2) is 1.83. The SMILES string of the molecule is C.CCC1(C)CO1. The van der Waals surface area contributed by atoms with Crippen molar-refractivity contribution in [2.75, 3.05) is 6.61 Å². The van der Waals surface area contributed by atoms with Crippen molar-refractivity contribution in [1.82, 2.24) is 0 Å². The van der Waals surface area contributed by atoms with Crippen LogP contribution in [0, 0.1) is 0 Å². The van der Waals surface area contributed by atoms with E-state index < -0.39 is 0 Å². The molecule has 1 rings (SSSR count). The van der Waals surface area contributed by atoms with Crippen LogP contribution in [0.25, 0.3) is 0 Å². The van der Waals surface area contributed by atoms with Gasteiger partial charge in [0.25, 0.3) is 0 Å². The van der Waals surface area contributed by atoms with Crippen molar-refractivity contribution in [1.29, 1.82) is 0 Å². The Bertz CT molecular complexity index is 55.2. The molecule has 0 N–H and O–H groups in total. The first kappa shape index (κ1) is 6.96. The van der Waals surface area contributed by atoms with E-state index in [0.717, 1.165) is 13.0 Å². The molecule has 1 aliphatic rings. The van der Waals surface area contributed by atoms with E-state index >= 15 is 0 Å². The number of epoxide rings is 1. The number of hydrogen-bond acceptors (Lipinski definition) is 1. The van der Waals surface area contributed by atoms with Crippen molar-refractivity contribution >= 4 is 0 Å². The summed E-state index contributed by atoms with van der Waals surface area (Å²) in [5.41, 5.74) is 0.292. The van der Waals surface area contributed by atoms with E-state index in [2.05, 4.69) is 13.8 Å². The lowest BCUT2D eigenvalue weighted by Gasteiger charge is -1.92. The van der Waals surface area contributed by atoms with E-state index in [1.165, 1.54) is 0 Å². The fourth-order valence-corrected chi connectivity index (χ4v) is 0.327. The van der Waals surface area contributed by atoms with E-state index in [1.807, 2.05) is 0 Å². The molecule has 0 radical (unpaired) electrons. The summed E-state index contributed by atoms with van der Waals surface area (Å²) in [6.45, 7) is 5.25. The molecule has 7 heavy (non-hydrogen) atoms. The highest BCUT2D eigenvalue weighted by Crippen LogP contribution is 2.28. The fourth-order valence-electron chi connectivity index (χ4n) is 0.327. The van der Waals surface area contributed by atoms with Crippen molar-refractivity contribution < 1.29 is 4.74 Å². The fraction of sp³-hybridized carbons (Fsp3) is 1.00. The molecule has 0 amide bonds. The third-order valence-corrected chi connectivity index (χ3v) is 1.39. The second-order valence-corrected chi connectivity index (χ2v) is 2.09. The van der Waals surface area contributed by atoms with E-state index in [0.29, 0.717) is 5.60 Å². The van der Waals surface area contributed by atoms with Gasteiger partial charge >= 0.3 is 0 Å². The van der Waals surface area contributed by atoms with Gasteiger partial charge in [-0.2, -0.15) is 0 Å². The average Bonchev–Trinajstić information content (AvgIpc) is 2.22. The minimum Gasteiger partial charge on any atom is -0.370 e. The Labute approximate surface area is 45.7 Å². The van der Waals surface area contributed by atoms with Crippen molar-refractivity contribution in [3.05, 3.63) is 0 Å². The van der Waals surface area contributed by atoms with Gasteiger partial charge in [-0.05, 0) is 13.3 Å². The lowest BCUT2D eigenvalue weighted by molar-refractivity contribution is 0.317. The molecule has 1 aliphatic heterocycles. The van der Waals surface area contributed by atoms with Gasteiger partial charge in [0.15, 0.2) is 0 Å². The Morgan fingerprint density at radius 2 is 2.14 bits per heavy atom. The Kier molecular flexibility index (Phi) is 1.82. The highest BCUT2D eigenvalue weighted by Gasteiger charge is 2.36. The lowest BCUT2D eigenvalue weighted by Crippen LogP contribution is -1.98. The molecule has 44 valence electrons. The van der Waals surface area contributed by atoms with Gasteiger partial charge in [-0.3, -0.25) is 0 Å². The largest absolute Gasteiger partial charge is 0.370 e. The zero-order chi connectivity index (χ0) is 4.62. The maximum Gasteiger partial charge on any atom is 0.0886 e. The molecule has 1 nitrogen and oxygen atoms in total. The molecule has 0 aromatic rings. The second-order valence-electron chi connectivity index (χ2n) is 2.09. The summed E-state index contributed by atoms with van der Waals surface area (Å²) >= 11 is 0. The maximum atomic E-state index is 5.05. The van der Waals surface area contributed by atoms with Gasteiger partial charge < -0.3 is 4.74 Å². The summed E-state index contributed by atoms with van der Waals surface area (Å²) in [4.78, 5) is 0. The minimum atomic E-state index is 0. The van der Waals surface area contributed by atoms with E-state index in [1.54, 1.807) is 0 Å². The topological polar surface area (TPSA) is 12.5 Å². The third kappa shape index (κ3) is 1.48. The van der Waals surface area contributed by atoms with Crippen LogP contribution in [0.5, 0.6) is 0 Å². The average molecular weight is 102 g/mol. The molecule has 0 aromatic carbocycles. The van der Waals surface area contributed by atoms with Crippen LogP contribution in [-0.2, 0) is 4.74 Å². The monoisotopic (exact) mass is 102 g/mol. The molecule has 1 saturated heterocycles. The van der Waals surface area contributed by atoms with Gasteiger partial charge in [0.05, 0.1) is 12.2 Å². The molecule has 1 unspecified atom stereocenters. The number of ether oxygens (including phenoxy) is 1. The first-order valence-corrected chi connectivity index (χ1v) is 2.41. The zero-order valence-corrected chi connectivity index (χ0v) is 4.32. The molecule has 0 aromatic heterocycles. The first-order valence-electron chi connectivity index (χ1n) is 2.41. The summed E-state index contributed by atoms with van der Waals surface area (Å²) in [6.07, 6.45) is 1.16. The van der Waals surface area contributed by atoms with E-state index in [4.69, 9.17) is 4.74 Å². The number of rotatable bonds is 1. The molecule has 0 bridgehead atoms. The van der Waals surface area contributed by atoms with Gasteiger partial charge in [0.1, 0.15) is 0 Å². The Hall–Kier alpha value is -0.0400. The van der Waals surface area contributed by atoms with Crippen molar-refractivity contribution in [3.63, 3.8) is 0 Å². The van der Waals surface area contributed by atoms with Crippen LogP contribution in [-0.4, -0.2) is 12.2 Å². The van der Waals surface area contributed by atoms with Gasteiger partial charge in [0, 0.05) is 0 Å². The Morgan fingerprint density at radius 1 is 1.71 bits per heavy atom. The summed E-state index contributed by atoms with van der Waals surface area (Å²) in [7, 11) is 0. The van der Waals surface area contributed by atoms with Crippen LogP contribution in [0.4, 0.5) is 0 Å². The standard InChI is InChI=1S/C5H10O.CH4/c1-3-5(2)4-6-5;/h3-4H2,1-2H3;1H4. The lowest BCUT2D eigenvalue weighted by atomic mass is 10.1. The Balaban J connectivity index is 0.000000360. The quantitative estimate of drug-likeness (QED) is 0.460. The van der Waals surface area contributed by atoms with Crippen molar-refractivity contribution in [2.24, 2.45) is 0 Å². The van der Waals surface area contributed by atoms with Gasteiger partial charge in [-0.1, -0.05) is 14.4 Å². The summed E-state index contributed by atoms with van der Waals surface area (Å²) in [5, 5.41) is 0. The molecule has 1 heterocycles. The molecular formula is C6H14O. The zero-order valence-electron chi connectivity index (χ0n) is 4.32. The molecule has 1 atom stereocenters. The summed E-state index contributed by atoms with van der Waals surface area (Å²) in [6, 6.07) is 0. The summed E-state index contributed by atoms with van der Waals surface area (Å²) in [5.74, 6) is 0. The molecular weight excluding hydrogens is 88.1 g/mol. The molecule has 1 heteroatoms. The van der Waals surface area contributed by atoms with Crippen LogP contribution in [0.15, 0.2) is 0 Å². The van der Waals surface area contributed by atoms with Crippen molar-refractivity contribution in [2.45, 2.75) is 33.3 Å². The molecule has 1 fully saturated rings. The maximum absolute atomic E-state index is 5.05. The highest BCUT2D eigenvalue weighted by atomic mass is 16.6. The predicted molar refractivity (Wildman–Crippen MR) is 31.4 cm³/mol. The minimum absolute atomic E-state index is 0. The van der Waals surface area contributed by atoms with E-state index in [-0.39, 0.29) is 7.43 Å². The van der Waals surface area contributed by atoms with Crippen LogP contribution >= 0.6 is 0 Å². The van der Waals surface area contributed by atoms with E-state index in [9.17, 15) is 0 Å². The summed E-state index contributed by atoms with van der Waals surface area (Å²) < 4.78 is 5.05. The normalized spacial score (nSPS) is 36.9.